The van der Waals surface area contributed by atoms with Crippen LogP contribution in [0.25, 0.3) is 0 Å². The van der Waals surface area contributed by atoms with Crippen molar-refractivity contribution in [2.24, 2.45) is 5.92 Å². The minimum absolute atomic E-state index is 0.0810. The predicted molar refractivity (Wildman–Crippen MR) is 41.0 cm³/mol. The van der Waals surface area contributed by atoms with Crippen molar-refractivity contribution in [1.29, 1.82) is 0 Å². The van der Waals surface area contributed by atoms with E-state index >= 15 is 0 Å². The van der Waals surface area contributed by atoms with Crippen molar-refractivity contribution in [3.05, 3.63) is 12.2 Å². The molecule has 0 unspecified atom stereocenters. The molecule has 0 rings (SSSR count). The van der Waals surface area contributed by atoms with E-state index in [0.717, 1.165) is 0 Å². The molecule has 0 aliphatic carbocycles. The number of carbonyl (C=O) groups excluding carboxylic acids is 2. The molecule has 0 aromatic heterocycles. The second-order valence-electron chi connectivity index (χ2n) is 2.49. The molecule has 0 atom stereocenters. The number of rotatable bonds is 3. The number of ether oxygens (including phenoxy) is 1. The van der Waals surface area contributed by atoms with Crippen LogP contribution >= 0.6 is 0 Å². The topological polar surface area (TPSA) is 43.4 Å². The molecule has 3 heteroatoms. The summed E-state index contributed by atoms with van der Waals surface area (Å²) in [5.74, 6) is -1.12. The molecule has 3 nitrogen and oxygen atoms in total. The van der Waals surface area contributed by atoms with Gasteiger partial charge in [-0.25, -0.2) is 4.79 Å². The van der Waals surface area contributed by atoms with Crippen LogP contribution in [0.2, 0.25) is 0 Å². The van der Waals surface area contributed by atoms with E-state index in [9.17, 15) is 9.59 Å². The molecule has 11 heavy (non-hydrogen) atoms. The summed E-state index contributed by atoms with van der Waals surface area (Å²) in [6.07, 6.45) is 0. The summed E-state index contributed by atoms with van der Waals surface area (Å²) in [6.45, 7) is 6.73. The van der Waals surface area contributed by atoms with E-state index in [-0.39, 0.29) is 17.3 Å². The maximum absolute atomic E-state index is 11.0. The van der Waals surface area contributed by atoms with Crippen molar-refractivity contribution in [1.82, 2.24) is 0 Å². The predicted octanol–water partition coefficient (Wildman–Crippen LogP) is 0.941. The molecule has 0 radical (unpaired) electrons. The zero-order valence-electron chi connectivity index (χ0n) is 7.01. The Morgan fingerprint density at radius 2 is 1.82 bits per heavy atom. The first-order valence-electron chi connectivity index (χ1n) is 3.32. The van der Waals surface area contributed by atoms with Gasteiger partial charge in [-0.2, -0.15) is 0 Å². The number of Topliss-reactive ketones (excluding diaryl/α,β-unsaturated/α-hetero) is 1. The maximum Gasteiger partial charge on any atom is 0.340 e. The highest BCUT2D eigenvalue weighted by Crippen LogP contribution is 2.04. The highest BCUT2D eigenvalue weighted by Gasteiger charge is 2.18. The third-order valence-electron chi connectivity index (χ3n) is 1.25. The quantitative estimate of drug-likeness (QED) is 0.264. The molecule has 0 fully saturated rings. The van der Waals surface area contributed by atoms with Gasteiger partial charge in [0, 0.05) is 5.92 Å². The SMILES string of the molecule is C=C(C(=O)OC)C(=O)C(C)C. The smallest absolute Gasteiger partial charge is 0.340 e. The summed E-state index contributed by atoms with van der Waals surface area (Å²) in [4.78, 5) is 21.8. The van der Waals surface area contributed by atoms with Gasteiger partial charge in [0.2, 0.25) is 0 Å². The summed E-state index contributed by atoms with van der Waals surface area (Å²) in [6, 6.07) is 0. The Kier molecular flexibility index (Phi) is 3.51. The Hall–Kier alpha value is -1.12. The third kappa shape index (κ3) is 2.53. The van der Waals surface area contributed by atoms with Crippen molar-refractivity contribution < 1.29 is 14.3 Å². The summed E-state index contributed by atoms with van der Waals surface area (Å²) >= 11 is 0. The summed E-state index contributed by atoms with van der Waals surface area (Å²) in [5, 5.41) is 0. The molecular weight excluding hydrogens is 144 g/mol. The number of carbonyl (C=O) groups is 2. The number of esters is 1. The number of methoxy groups -OCH3 is 1. The van der Waals surface area contributed by atoms with Gasteiger partial charge in [-0.1, -0.05) is 20.4 Å². The molecule has 0 saturated carbocycles. The fourth-order valence-electron chi connectivity index (χ4n) is 0.572. The zero-order chi connectivity index (χ0) is 9.02. The molecule has 0 heterocycles. The standard InChI is InChI=1S/C8H12O3/c1-5(2)7(9)6(3)8(10)11-4/h5H,3H2,1-2,4H3. The van der Waals surface area contributed by atoms with Crippen molar-refractivity contribution in [2.45, 2.75) is 13.8 Å². The molecular formula is C8H12O3. The summed E-state index contributed by atoms with van der Waals surface area (Å²) in [7, 11) is 1.22. The molecule has 62 valence electrons. The molecule has 0 aliphatic rings. The van der Waals surface area contributed by atoms with Crippen LogP contribution in [0.1, 0.15) is 13.8 Å². The lowest BCUT2D eigenvalue weighted by Gasteiger charge is -2.04. The van der Waals surface area contributed by atoms with E-state index in [0.29, 0.717) is 0 Å². The van der Waals surface area contributed by atoms with Crippen LogP contribution in [0.4, 0.5) is 0 Å². The van der Waals surface area contributed by atoms with Crippen LogP contribution in [0.5, 0.6) is 0 Å². The minimum atomic E-state index is -0.649. The number of hydrogen-bond donors (Lipinski definition) is 0. The van der Waals surface area contributed by atoms with Gasteiger partial charge in [0.1, 0.15) is 0 Å². The first kappa shape index (κ1) is 9.88. The molecule has 0 N–H and O–H groups in total. The minimum Gasteiger partial charge on any atom is -0.465 e. The zero-order valence-corrected chi connectivity index (χ0v) is 7.01. The van der Waals surface area contributed by atoms with E-state index in [1.165, 1.54) is 7.11 Å². The van der Waals surface area contributed by atoms with Crippen LogP contribution < -0.4 is 0 Å². The van der Waals surface area contributed by atoms with Crippen molar-refractivity contribution in [3.8, 4) is 0 Å². The van der Waals surface area contributed by atoms with Crippen molar-refractivity contribution >= 4 is 11.8 Å². The molecule has 0 amide bonds. The van der Waals surface area contributed by atoms with Crippen LogP contribution in [0.15, 0.2) is 12.2 Å². The lowest BCUT2D eigenvalue weighted by atomic mass is 10.0. The van der Waals surface area contributed by atoms with Gasteiger partial charge in [0.25, 0.3) is 0 Å². The summed E-state index contributed by atoms with van der Waals surface area (Å²) in [5.41, 5.74) is -0.0810. The Morgan fingerprint density at radius 3 is 2.09 bits per heavy atom. The fraction of sp³-hybridized carbons (Fsp3) is 0.500. The third-order valence-corrected chi connectivity index (χ3v) is 1.25. The van der Waals surface area contributed by atoms with Crippen LogP contribution in [-0.2, 0) is 14.3 Å². The van der Waals surface area contributed by atoms with Crippen LogP contribution in [0.3, 0.4) is 0 Å². The van der Waals surface area contributed by atoms with Gasteiger partial charge in [-0.15, -0.1) is 0 Å². The van der Waals surface area contributed by atoms with Gasteiger partial charge in [-0.3, -0.25) is 4.79 Å². The highest BCUT2D eigenvalue weighted by molar-refractivity contribution is 6.17. The van der Waals surface area contributed by atoms with E-state index < -0.39 is 5.97 Å². The molecule has 0 aromatic rings. The molecule has 0 aliphatic heterocycles. The second kappa shape index (κ2) is 3.91. The molecule has 0 aromatic carbocycles. The van der Waals surface area contributed by atoms with Crippen molar-refractivity contribution in [3.63, 3.8) is 0 Å². The van der Waals surface area contributed by atoms with Crippen LogP contribution in [0, 0.1) is 5.92 Å². The maximum atomic E-state index is 11.0. The Morgan fingerprint density at radius 1 is 1.36 bits per heavy atom. The average molecular weight is 156 g/mol. The van der Waals surface area contributed by atoms with E-state index in [1.54, 1.807) is 13.8 Å². The molecule has 0 spiro atoms. The van der Waals surface area contributed by atoms with Gasteiger partial charge >= 0.3 is 5.97 Å². The average Bonchev–Trinajstić information content (AvgIpc) is 2.00. The molecule has 0 bridgehead atoms. The lowest BCUT2D eigenvalue weighted by molar-refractivity contribution is -0.138. The van der Waals surface area contributed by atoms with Crippen LogP contribution in [-0.4, -0.2) is 18.9 Å². The van der Waals surface area contributed by atoms with Crippen molar-refractivity contribution in [2.75, 3.05) is 7.11 Å². The first-order valence-corrected chi connectivity index (χ1v) is 3.32. The first-order chi connectivity index (χ1) is 5.00. The van der Waals surface area contributed by atoms with E-state index in [1.807, 2.05) is 0 Å². The van der Waals surface area contributed by atoms with E-state index in [2.05, 4.69) is 11.3 Å². The number of ketones is 1. The Bertz CT molecular complexity index is 192. The Labute approximate surface area is 66.0 Å². The van der Waals surface area contributed by atoms with Gasteiger partial charge in [0.15, 0.2) is 5.78 Å². The second-order valence-corrected chi connectivity index (χ2v) is 2.49. The van der Waals surface area contributed by atoms with Gasteiger partial charge < -0.3 is 4.74 Å². The lowest BCUT2D eigenvalue weighted by Crippen LogP contribution is -2.17. The normalized spacial score (nSPS) is 9.45. The molecule has 0 saturated heterocycles. The Balaban J connectivity index is 4.26. The van der Waals surface area contributed by atoms with E-state index in [4.69, 9.17) is 0 Å². The number of hydrogen-bond acceptors (Lipinski definition) is 3. The fourth-order valence-corrected chi connectivity index (χ4v) is 0.572. The van der Waals surface area contributed by atoms with Gasteiger partial charge in [-0.05, 0) is 0 Å². The van der Waals surface area contributed by atoms with Gasteiger partial charge in [0.05, 0.1) is 12.7 Å². The highest BCUT2D eigenvalue weighted by atomic mass is 16.5. The summed E-state index contributed by atoms with van der Waals surface area (Å²) < 4.78 is 4.32. The largest absolute Gasteiger partial charge is 0.465 e. The monoisotopic (exact) mass is 156 g/mol.